The maximum Gasteiger partial charge on any atom is 0.338 e. The average molecular weight is 394 g/mol. The van der Waals surface area contributed by atoms with E-state index in [2.05, 4.69) is 5.32 Å². The quantitative estimate of drug-likeness (QED) is 0.796. The zero-order valence-electron chi connectivity index (χ0n) is 16.5. The predicted octanol–water partition coefficient (Wildman–Crippen LogP) is 3.91. The van der Waals surface area contributed by atoms with Crippen LogP contribution in [-0.4, -0.2) is 24.9 Å². The zero-order valence-corrected chi connectivity index (χ0v) is 16.5. The molecule has 0 aromatic heterocycles. The smallest absolute Gasteiger partial charge is 0.338 e. The highest BCUT2D eigenvalue weighted by molar-refractivity contribution is 6.03. The summed E-state index contributed by atoms with van der Waals surface area (Å²) in [5, 5.41) is 2.94. The molecule has 2 aliphatic heterocycles. The third-order valence-corrected chi connectivity index (χ3v) is 4.79. The van der Waals surface area contributed by atoms with Crippen LogP contribution in [0.1, 0.15) is 32.4 Å². The second-order valence-electron chi connectivity index (χ2n) is 7.12. The van der Waals surface area contributed by atoms with Gasteiger partial charge in [0.1, 0.15) is 0 Å². The molecule has 0 bridgehead atoms. The SMILES string of the molecule is CC1=C(C(=O)OC(C)C)C(c2ccccc2)NC(=O)N1c1ccc2c(c1)OCO2. The number of carbonyl (C=O) groups is 2. The van der Waals surface area contributed by atoms with Crippen LogP contribution < -0.4 is 19.7 Å². The van der Waals surface area contributed by atoms with Crippen molar-refractivity contribution in [2.24, 2.45) is 0 Å². The zero-order chi connectivity index (χ0) is 20.5. The van der Waals surface area contributed by atoms with Crippen molar-refractivity contribution >= 4 is 17.7 Å². The van der Waals surface area contributed by atoms with E-state index < -0.39 is 12.0 Å². The van der Waals surface area contributed by atoms with Gasteiger partial charge < -0.3 is 19.5 Å². The molecule has 2 aromatic rings. The summed E-state index contributed by atoms with van der Waals surface area (Å²) in [7, 11) is 0. The van der Waals surface area contributed by atoms with Gasteiger partial charge in [-0.15, -0.1) is 0 Å². The number of hydrogen-bond acceptors (Lipinski definition) is 5. The summed E-state index contributed by atoms with van der Waals surface area (Å²) in [6.07, 6.45) is -0.282. The van der Waals surface area contributed by atoms with Gasteiger partial charge in [0.25, 0.3) is 0 Å². The maximum atomic E-state index is 13.0. The van der Waals surface area contributed by atoms with Crippen LogP contribution in [0, 0.1) is 0 Å². The third-order valence-electron chi connectivity index (χ3n) is 4.79. The van der Waals surface area contributed by atoms with E-state index in [-0.39, 0.29) is 18.9 Å². The number of allylic oxidation sites excluding steroid dienone is 1. The number of amides is 2. The number of benzene rings is 2. The van der Waals surface area contributed by atoms with Crippen LogP contribution in [0.25, 0.3) is 0 Å². The topological polar surface area (TPSA) is 77.1 Å². The lowest BCUT2D eigenvalue weighted by molar-refractivity contribution is -0.143. The number of hydrogen-bond donors (Lipinski definition) is 1. The van der Waals surface area contributed by atoms with Gasteiger partial charge >= 0.3 is 12.0 Å². The molecule has 4 rings (SSSR count). The van der Waals surface area contributed by atoms with Crippen LogP contribution >= 0.6 is 0 Å². The van der Waals surface area contributed by atoms with Crippen LogP contribution in [0.5, 0.6) is 11.5 Å². The Bertz CT molecular complexity index is 984. The molecule has 2 aromatic carbocycles. The minimum atomic E-state index is -0.597. The number of anilines is 1. The van der Waals surface area contributed by atoms with E-state index in [1.807, 2.05) is 30.3 Å². The molecule has 29 heavy (non-hydrogen) atoms. The van der Waals surface area contributed by atoms with Gasteiger partial charge in [0.05, 0.1) is 23.4 Å². The maximum absolute atomic E-state index is 13.0. The van der Waals surface area contributed by atoms with Crippen LogP contribution in [0.2, 0.25) is 0 Å². The predicted molar refractivity (Wildman–Crippen MR) is 107 cm³/mol. The van der Waals surface area contributed by atoms with E-state index in [0.29, 0.717) is 28.5 Å². The first-order valence-electron chi connectivity index (χ1n) is 9.42. The molecule has 1 atom stereocenters. The van der Waals surface area contributed by atoms with E-state index >= 15 is 0 Å². The second kappa shape index (κ2) is 7.50. The van der Waals surface area contributed by atoms with Gasteiger partial charge in [0.15, 0.2) is 11.5 Å². The van der Waals surface area contributed by atoms with Crippen LogP contribution in [0.15, 0.2) is 59.8 Å². The van der Waals surface area contributed by atoms with E-state index in [1.54, 1.807) is 39.0 Å². The Balaban J connectivity index is 1.81. The summed E-state index contributed by atoms with van der Waals surface area (Å²) in [6, 6.07) is 13.7. The number of urea groups is 1. The molecule has 0 fully saturated rings. The van der Waals surface area contributed by atoms with Crippen LogP contribution in [0.3, 0.4) is 0 Å². The molecule has 0 aliphatic carbocycles. The molecule has 1 unspecified atom stereocenters. The fraction of sp³-hybridized carbons (Fsp3) is 0.273. The molecule has 150 valence electrons. The molecule has 7 heteroatoms. The summed E-state index contributed by atoms with van der Waals surface area (Å²) >= 11 is 0. The molecular formula is C22H22N2O5. The summed E-state index contributed by atoms with van der Waals surface area (Å²) in [5.41, 5.74) is 2.28. The highest BCUT2D eigenvalue weighted by Gasteiger charge is 2.37. The molecule has 2 amide bonds. The third kappa shape index (κ3) is 3.51. The lowest BCUT2D eigenvalue weighted by atomic mass is 9.94. The van der Waals surface area contributed by atoms with Crippen molar-refractivity contribution in [2.45, 2.75) is 32.9 Å². The minimum absolute atomic E-state index is 0.141. The monoisotopic (exact) mass is 394 g/mol. The highest BCUT2D eigenvalue weighted by atomic mass is 16.7. The van der Waals surface area contributed by atoms with Gasteiger partial charge in [0, 0.05) is 11.8 Å². The first-order chi connectivity index (χ1) is 14.0. The number of carbonyl (C=O) groups excluding carboxylic acids is 2. The molecule has 2 aliphatic rings. The first-order valence-corrected chi connectivity index (χ1v) is 9.42. The summed E-state index contributed by atoms with van der Waals surface area (Å²) in [6.45, 7) is 5.47. The molecule has 0 radical (unpaired) electrons. The number of esters is 1. The Labute approximate surface area is 168 Å². The van der Waals surface area contributed by atoms with E-state index in [4.69, 9.17) is 14.2 Å². The Hall–Kier alpha value is -3.48. The van der Waals surface area contributed by atoms with Crippen molar-refractivity contribution in [3.63, 3.8) is 0 Å². The number of fused-ring (bicyclic) bond motifs is 1. The Kier molecular flexibility index (Phi) is 4.88. The lowest BCUT2D eigenvalue weighted by Crippen LogP contribution is -2.48. The highest BCUT2D eigenvalue weighted by Crippen LogP contribution is 2.39. The van der Waals surface area contributed by atoms with E-state index in [0.717, 1.165) is 5.56 Å². The van der Waals surface area contributed by atoms with Gasteiger partial charge in [-0.25, -0.2) is 9.59 Å². The molecule has 1 N–H and O–H groups in total. The number of ether oxygens (including phenoxy) is 3. The fourth-order valence-corrected chi connectivity index (χ4v) is 3.52. The van der Waals surface area contributed by atoms with E-state index in [1.165, 1.54) is 4.90 Å². The number of nitrogens with one attached hydrogen (secondary N) is 1. The Morgan fingerprint density at radius 1 is 1.14 bits per heavy atom. The Morgan fingerprint density at radius 3 is 2.59 bits per heavy atom. The minimum Gasteiger partial charge on any atom is -0.459 e. The number of nitrogens with zero attached hydrogens (tertiary/aromatic N) is 1. The van der Waals surface area contributed by atoms with Crippen molar-refractivity contribution < 1.29 is 23.8 Å². The lowest BCUT2D eigenvalue weighted by Gasteiger charge is -2.35. The molecule has 0 spiro atoms. The molecule has 7 nitrogen and oxygen atoms in total. The van der Waals surface area contributed by atoms with Crippen molar-refractivity contribution in [1.29, 1.82) is 0 Å². The Morgan fingerprint density at radius 2 is 1.86 bits per heavy atom. The molecule has 2 heterocycles. The largest absolute Gasteiger partial charge is 0.459 e. The average Bonchev–Trinajstić information content (AvgIpc) is 3.15. The second-order valence-corrected chi connectivity index (χ2v) is 7.12. The van der Waals surface area contributed by atoms with Crippen molar-refractivity contribution in [3.05, 3.63) is 65.4 Å². The summed E-state index contributed by atoms with van der Waals surface area (Å²) in [4.78, 5) is 27.5. The normalized spacial score (nSPS) is 18.1. The fourth-order valence-electron chi connectivity index (χ4n) is 3.52. The van der Waals surface area contributed by atoms with Gasteiger partial charge in [-0.3, -0.25) is 4.90 Å². The van der Waals surface area contributed by atoms with Gasteiger partial charge in [-0.2, -0.15) is 0 Å². The summed E-state index contributed by atoms with van der Waals surface area (Å²) < 4.78 is 16.3. The van der Waals surface area contributed by atoms with Crippen molar-refractivity contribution in [2.75, 3.05) is 11.7 Å². The van der Waals surface area contributed by atoms with Gasteiger partial charge in [-0.05, 0) is 38.5 Å². The van der Waals surface area contributed by atoms with E-state index in [9.17, 15) is 9.59 Å². The van der Waals surface area contributed by atoms with Crippen LogP contribution in [-0.2, 0) is 9.53 Å². The first kappa shape index (κ1) is 18.9. The summed E-state index contributed by atoms with van der Waals surface area (Å²) in [5.74, 6) is 0.714. The number of rotatable bonds is 4. The standard InChI is InChI=1S/C22H22N2O5/c1-13(2)29-21(25)19-14(3)24(16-9-10-17-18(11-16)28-12-27-17)22(26)23-20(19)15-7-5-4-6-8-15/h4-11,13,20H,12H2,1-3H3,(H,23,26). The molecule has 0 saturated heterocycles. The van der Waals surface area contributed by atoms with Gasteiger partial charge in [-0.1, -0.05) is 30.3 Å². The van der Waals surface area contributed by atoms with Gasteiger partial charge in [0.2, 0.25) is 6.79 Å². The molecular weight excluding hydrogens is 372 g/mol. The van der Waals surface area contributed by atoms with Crippen molar-refractivity contribution in [1.82, 2.24) is 5.32 Å². The van der Waals surface area contributed by atoms with Crippen LogP contribution in [0.4, 0.5) is 10.5 Å². The van der Waals surface area contributed by atoms with Crippen molar-refractivity contribution in [3.8, 4) is 11.5 Å². The molecule has 0 saturated carbocycles.